The average Bonchev–Trinajstić information content (AvgIpc) is 3.24. The maximum atomic E-state index is 13.2. The van der Waals surface area contributed by atoms with Gasteiger partial charge in [-0.3, -0.25) is 9.59 Å². The quantitative estimate of drug-likeness (QED) is 0.574. The molecule has 2 N–H and O–H groups in total. The number of nitrogens with zero attached hydrogens (tertiary/aromatic N) is 2. The second-order valence-corrected chi connectivity index (χ2v) is 8.90. The molecule has 1 aromatic heterocycles. The van der Waals surface area contributed by atoms with Crippen molar-refractivity contribution in [3.05, 3.63) is 87.7 Å². The number of benzene rings is 2. The number of carbonyl (C=O) groups is 2. The van der Waals surface area contributed by atoms with Gasteiger partial charge < -0.3 is 10.6 Å². The van der Waals surface area contributed by atoms with E-state index < -0.39 is 0 Å². The lowest BCUT2D eigenvalue weighted by Crippen LogP contribution is -2.32. The molecular weight excluding hydrogens is 412 g/mol. The number of hydrogen-bond acceptors (Lipinski definition) is 4. The Balaban J connectivity index is 1.55. The second-order valence-electron chi connectivity index (χ2n) is 8.90. The Labute approximate surface area is 193 Å². The highest BCUT2D eigenvalue weighted by Gasteiger charge is 2.37. The van der Waals surface area contributed by atoms with E-state index in [0.717, 1.165) is 47.3 Å². The van der Waals surface area contributed by atoms with Crippen LogP contribution in [0.3, 0.4) is 0 Å². The van der Waals surface area contributed by atoms with Crippen LogP contribution in [0.25, 0.3) is 0 Å². The van der Waals surface area contributed by atoms with Crippen molar-refractivity contribution in [1.82, 2.24) is 9.78 Å². The Hall–Kier alpha value is -3.67. The predicted molar refractivity (Wildman–Crippen MR) is 130 cm³/mol. The van der Waals surface area contributed by atoms with E-state index in [1.807, 2.05) is 32.0 Å². The highest BCUT2D eigenvalue weighted by molar-refractivity contribution is 6.08. The fourth-order valence-corrected chi connectivity index (χ4v) is 4.69. The number of allylic oxidation sites excluding steroid dienone is 2. The number of hydrogen-bond donors (Lipinski definition) is 2. The number of carbonyl (C=O) groups excluding carboxylic acids is 2. The summed E-state index contributed by atoms with van der Waals surface area (Å²) in [7, 11) is 0. The second kappa shape index (κ2) is 8.35. The van der Waals surface area contributed by atoms with Crippen LogP contribution < -0.4 is 10.6 Å². The van der Waals surface area contributed by atoms with Gasteiger partial charge in [0.05, 0.1) is 6.20 Å². The van der Waals surface area contributed by atoms with Gasteiger partial charge in [0.15, 0.2) is 5.78 Å². The van der Waals surface area contributed by atoms with Crippen LogP contribution >= 0.6 is 0 Å². The number of Topliss-reactive ketones (excluding diaryl/α,β-unsaturated/α-hetero) is 1. The number of fused-ring (bicyclic) bond motifs is 1. The highest BCUT2D eigenvalue weighted by Crippen LogP contribution is 2.41. The molecule has 0 fully saturated rings. The average molecular weight is 441 g/mol. The minimum Gasteiger partial charge on any atom is -0.343 e. The molecule has 3 aromatic rings. The fourth-order valence-electron chi connectivity index (χ4n) is 4.69. The lowest BCUT2D eigenvalue weighted by atomic mass is 9.85. The van der Waals surface area contributed by atoms with Gasteiger partial charge in [-0.05, 0) is 67.5 Å². The molecule has 168 valence electrons. The first-order valence-corrected chi connectivity index (χ1v) is 11.5. The van der Waals surface area contributed by atoms with E-state index in [1.54, 1.807) is 10.9 Å². The van der Waals surface area contributed by atoms with Gasteiger partial charge in [0.2, 0.25) is 0 Å². The predicted octanol–water partition coefficient (Wildman–Crippen LogP) is 5.34. The van der Waals surface area contributed by atoms with E-state index in [-0.39, 0.29) is 17.7 Å². The van der Waals surface area contributed by atoms with Crippen LogP contribution in [0.4, 0.5) is 11.5 Å². The number of nitrogens with one attached hydrogen (secondary N) is 2. The third kappa shape index (κ3) is 3.75. The van der Waals surface area contributed by atoms with Crippen LogP contribution in [-0.2, 0) is 11.2 Å². The summed E-state index contributed by atoms with van der Waals surface area (Å²) in [5.41, 5.74) is 7.43. The topological polar surface area (TPSA) is 76.0 Å². The van der Waals surface area contributed by atoms with Crippen molar-refractivity contribution < 1.29 is 9.59 Å². The van der Waals surface area contributed by atoms with Gasteiger partial charge in [-0.25, -0.2) is 4.68 Å². The number of ketones is 1. The summed E-state index contributed by atoms with van der Waals surface area (Å²) < 4.78 is 1.79. The molecule has 0 radical (unpaired) electrons. The van der Waals surface area contributed by atoms with Gasteiger partial charge in [-0.15, -0.1) is 0 Å². The van der Waals surface area contributed by atoms with Gasteiger partial charge in [-0.1, -0.05) is 37.3 Å². The maximum absolute atomic E-state index is 13.2. The molecule has 0 bridgehead atoms. The zero-order valence-corrected chi connectivity index (χ0v) is 19.2. The normalized spacial score (nSPS) is 17.3. The molecule has 1 aliphatic heterocycles. The molecule has 2 aromatic carbocycles. The Bertz CT molecular complexity index is 1280. The van der Waals surface area contributed by atoms with Gasteiger partial charge >= 0.3 is 0 Å². The van der Waals surface area contributed by atoms with Gasteiger partial charge in [0.25, 0.3) is 5.91 Å². The molecule has 1 aliphatic carbocycles. The zero-order valence-electron chi connectivity index (χ0n) is 19.2. The van der Waals surface area contributed by atoms with Crippen molar-refractivity contribution >= 4 is 23.2 Å². The van der Waals surface area contributed by atoms with Crippen LogP contribution in [0.5, 0.6) is 0 Å². The minimum atomic E-state index is -0.335. The van der Waals surface area contributed by atoms with E-state index >= 15 is 0 Å². The third-order valence-corrected chi connectivity index (χ3v) is 6.75. The number of aryl methyl sites for hydroxylation is 3. The molecule has 6 heteroatoms. The van der Waals surface area contributed by atoms with Gasteiger partial charge in [0, 0.05) is 23.4 Å². The number of rotatable bonds is 4. The van der Waals surface area contributed by atoms with Crippen molar-refractivity contribution in [2.75, 3.05) is 10.6 Å². The van der Waals surface area contributed by atoms with Crippen LogP contribution in [0.15, 0.2) is 59.9 Å². The van der Waals surface area contributed by atoms with Gasteiger partial charge in [-0.2, -0.15) is 5.10 Å². The molecule has 33 heavy (non-hydrogen) atoms. The Kier molecular flexibility index (Phi) is 5.36. The van der Waals surface area contributed by atoms with E-state index in [4.69, 9.17) is 0 Å². The molecule has 1 amide bonds. The van der Waals surface area contributed by atoms with Crippen LogP contribution in [0.1, 0.15) is 64.8 Å². The third-order valence-electron chi connectivity index (χ3n) is 6.75. The Morgan fingerprint density at radius 2 is 1.91 bits per heavy atom. The fraction of sp³-hybridized carbons (Fsp3) is 0.296. The summed E-state index contributed by atoms with van der Waals surface area (Å²) in [5, 5.41) is 11.0. The summed E-state index contributed by atoms with van der Waals surface area (Å²) in [6, 6.07) is 13.9. The van der Waals surface area contributed by atoms with Crippen LogP contribution in [0, 0.1) is 13.8 Å². The first kappa shape index (κ1) is 21.2. The van der Waals surface area contributed by atoms with E-state index in [9.17, 15) is 9.59 Å². The lowest BCUT2D eigenvalue weighted by Gasteiger charge is -2.33. The first-order chi connectivity index (χ1) is 16.0. The van der Waals surface area contributed by atoms with Crippen LogP contribution in [0.2, 0.25) is 0 Å². The monoisotopic (exact) mass is 440 g/mol. The molecule has 0 unspecified atom stereocenters. The van der Waals surface area contributed by atoms with Crippen molar-refractivity contribution in [2.24, 2.45) is 0 Å². The first-order valence-electron chi connectivity index (χ1n) is 11.5. The largest absolute Gasteiger partial charge is 0.343 e. The summed E-state index contributed by atoms with van der Waals surface area (Å²) in [5.74, 6) is 0.559. The van der Waals surface area contributed by atoms with E-state index in [1.165, 1.54) is 11.1 Å². The van der Waals surface area contributed by atoms with Crippen molar-refractivity contribution in [2.45, 2.75) is 52.5 Å². The minimum absolute atomic E-state index is 0.149. The number of aromatic nitrogens is 2. The molecule has 0 spiro atoms. The van der Waals surface area contributed by atoms with E-state index in [2.05, 4.69) is 46.9 Å². The molecule has 2 heterocycles. The van der Waals surface area contributed by atoms with Gasteiger partial charge in [0.1, 0.15) is 17.4 Å². The molecule has 6 nitrogen and oxygen atoms in total. The van der Waals surface area contributed by atoms with Crippen LogP contribution in [-0.4, -0.2) is 21.5 Å². The summed E-state index contributed by atoms with van der Waals surface area (Å²) in [6.07, 6.45) is 4.68. The zero-order chi connectivity index (χ0) is 23.1. The molecule has 0 saturated carbocycles. The Morgan fingerprint density at radius 1 is 1.12 bits per heavy atom. The van der Waals surface area contributed by atoms with Crippen molar-refractivity contribution in [1.29, 1.82) is 0 Å². The molecule has 5 rings (SSSR count). The smallest absolute Gasteiger partial charge is 0.261 e. The highest BCUT2D eigenvalue weighted by atomic mass is 16.1. The van der Waals surface area contributed by atoms with E-state index in [0.29, 0.717) is 17.8 Å². The summed E-state index contributed by atoms with van der Waals surface area (Å²) in [6.45, 7) is 6.19. The SMILES string of the molecule is CCc1ccc([C@H]2C3=C(CCCC3=O)Nc3c(C(=O)Nc4ccc(C)c(C)c4)cnn32)cc1. The van der Waals surface area contributed by atoms with Crippen molar-refractivity contribution in [3.63, 3.8) is 0 Å². The van der Waals surface area contributed by atoms with Crippen molar-refractivity contribution in [3.8, 4) is 0 Å². The summed E-state index contributed by atoms with van der Waals surface area (Å²) >= 11 is 0. The number of amides is 1. The molecular formula is C27H28N4O2. The molecule has 0 saturated heterocycles. The summed E-state index contributed by atoms with van der Waals surface area (Å²) in [4.78, 5) is 26.2. The molecule has 2 aliphatic rings. The standard InChI is InChI=1S/C27H28N4O2/c1-4-18-9-11-19(12-10-18)25-24-22(6-5-7-23(24)32)30-26-21(15-28-31(25)26)27(33)29-20-13-8-16(2)17(3)14-20/h8-15,25,30H,4-7H2,1-3H3,(H,29,33)/t25-/m0/s1. The lowest BCUT2D eigenvalue weighted by molar-refractivity contribution is -0.116. The molecule has 1 atom stereocenters. The Morgan fingerprint density at radius 3 is 2.64 bits per heavy atom. The number of anilines is 2. The maximum Gasteiger partial charge on any atom is 0.261 e.